The first kappa shape index (κ1) is 35.0. The minimum absolute atomic E-state index is 0.0849. The molecule has 0 bridgehead atoms. The van der Waals surface area contributed by atoms with Gasteiger partial charge in [-0.3, -0.25) is 4.79 Å². The van der Waals surface area contributed by atoms with Crippen LogP contribution in [-0.2, 0) is 31.4 Å². The molecular weight excluding hydrogens is 630 g/mol. The number of aliphatic hydroxyl groups is 1. The van der Waals surface area contributed by atoms with Crippen molar-refractivity contribution in [2.45, 2.75) is 64.0 Å². The van der Waals surface area contributed by atoms with E-state index < -0.39 is 11.7 Å². The SMILES string of the molecule is CCc1cccc(-c2c(Cl)cccc2C(O)(CCCNC(=O)O)[C@@H]2CCCN(C(=O)c3ccc(CNC)cc3CCc3nnn[nH]3)C2)c1. The summed E-state index contributed by atoms with van der Waals surface area (Å²) in [7, 11) is 1.89. The molecule has 1 aliphatic rings. The van der Waals surface area contributed by atoms with Gasteiger partial charge >= 0.3 is 6.09 Å². The van der Waals surface area contributed by atoms with Gasteiger partial charge in [-0.25, -0.2) is 9.89 Å². The third-order valence-electron chi connectivity index (χ3n) is 9.30. The van der Waals surface area contributed by atoms with E-state index in [1.807, 2.05) is 54.4 Å². The lowest BCUT2D eigenvalue weighted by Gasteiger charge is -2.44. The first-order valence-corrected chi connectivity index (χ1v) is 17.0. The molecule has 1 saturated heterocycles. The zero-order valence-electron chi connectivity index (χ0n) is 27.5. The van der Waals surface area contributed by atoms with Gasteiger partial charge in [0.1, 0.15) is 5.82 Å². The summed E-state index contributed by atoms with van der Waals surface area (Å²) in [5, 5.41) is 42.4. The normalized spacial score (nSPS) is 16.0. The van der Waals surface area contributed by atoms with Crippen molar-refractivity contribution in [2.24, 2.45) is 5.92 Å². The molecule has 48 heavy (non-hydrogen) atoms. The number of halogens is 1. The van der Waals surface area contributed by atoms with E-state index >= 15 is 0 Å². The highest BCUT2D eigenvalue weighted by Gasteiger charge is 2.43. The summed E-state index contributed by atoms with van der Waals surface area (Å²) in [6, 6.07) is 19.7. The van der Waals surface area contributed by atoms with E-state index in [1.54, 1.807) is 0 Å². The van der Waals surface area contributed by atoms with Crippen LogP contribution in [0.5, 0.6) is 0 Å². The van der Waals surface area contributed by atoms with Gasteiger partial charge in [-0.1, -0.05) is 67.1 Å². The third kappa shape index (κ3) is 8.21. The molecule has 1 aliphatic heterocycles. The number of likely N-dealkylation sites (tertiary alicyclic amines) is 1. The number of H-pyrrole nitrogens is 1. The molecule has 5 rings (SSSR count). The molecule has 254 valence electrons. The summed E-state index contributed by atoms with van der Waals surface area (Å²) in [4.78, 5) is 27.4. The van der Waals surface area contributed by atoms with Gasteiger partial charge in [0.05, 0.1) is 5.60 Å². The number of nitrogens with zero attached hydrogens (tertiary/aromatic N) is 4. The minimum Gasteiger partial charge on any atom is -0.465 e. The van der Waals surface area contributed by atoms with Gasteiger partial charge in [-0.15, -0.1) is 5.10 Å². The monoisotopic (exact) mass is 673 g/mol. The molecule has 2 atom stereocenters. The average molecular weight is 674 g/mol. The molecule has 0 aliphatic carbocycles. The summed E-state index contributed by atoms with van der Waals surface area (Å²) < 4.78 is 0. The summed E-state index contributed by atoms with van der Waals surface area (Å²) in [6.45, 7) is 3.86. The standard InChI is InChI=1S/C36H44ClN7O4/c1-3-24-8-4-9-27(20-24)33-30(11-5-12-31(33)37)36(48,17-7-18-39-35(46)47)28-10-6-19-44(23-28)34(45)29-15-13-25(22-38-2)21-26(29)14-16-32-40-42-43-41-32/h4-5,8-9,11-13,15,20-21,28,38-39,48H,3,6-7,10,14,16-19,22-23H2,1-2H3,(H,46,47)(H,40,41,42,43)/t28-,36?/m1/s1. The number of nitrogens with one attached hydrogen (secondary N) is 3. The Morgan fingerprint density at radius 1 is 1.10 bits per heavy atom. The van der Waals surface area contributed by atoms with E-state index in [0.717, 1.165) is 34.2 Å². The van der Waals surface area contributed by atoms with Gasteiger partial charge in [-0.2, -0.15) is 0 Å². The van der Waals surface area contributed by atoms with Crippen LogP contribution in [0.2, 0.25) is 5.02 Å². The van der Waals surface area contributed by atoms with Crippen LogP contribution in [0.25, 0.3) is 11.1 Å². The number of hydrogen-bond acceptors (Lipinski definition) is 7. The Hall–Kier alpha value is -4.32. The fourth-order valence-corrected chi connectivity index (χ4v) is 7.16. The molecule has 2 heterocycles. The summed E-state index contributed by atoms with van der Waals surface area (Å²) in [5.74, 6) is 0.242. The van der Waals surface area contributed by atoms with E-state index in [2.05, 4.69) is 56.4 Å². The fraction of sp³-hybridized carbons (Fsp3) is 0.417. The molecular formula is C36H44ClN7O4. The van der Waals surface area contributed by atoms with E-state index in [-0.39, 0.29) is 24.8 Å². The lowest BCUT2D eigenvalue weighted by Crippen LogP contribution is -2.48. The second kappa shape index (κ2) is 16.2. The number of benzene rings is 3. The van der Waals surface area contributed by atoms with Crippen LogP contribution in [0.1, 0.15) is 71.0 Å². The van der Waals surface area contributed by atoms with Crippen LogP contribution in [-0.4, -0.2) is 74.4 Å². The number of piperidine rings is 1. The van der Waals surface area contributed by atoms with Crippen molar-refractivity contribution in [1.82, 2.24) is 36.2 Å². The van der Waals surface area contributed by atoms with Crippen molar-refractivity contribution < 1.29 is 19.8 Å². The Morgan fingerprint density at radius 3 is 2.69 bits per heavy atom. The summed E-state index contributed by atoms with van der Waals surface area (Å²) in [5.41, 5.74) is 4.73. The molecule has 2 amide bonds. The summed E-state index contributed by atoms with van der Waals surface area (Å²) in [6.07, 6.45) is 2.98. The van der Waals surface area contributed by atoms with Crippen molar-refractivity contribution in [2.75, 3.05) is 26.7 Å². The smallest absolute Gasteiger partial charge is 0.404 e. The number of rotatable bonds is 14. The van der Waals surface area contributed by atoms with E-state index in [0.29, 0.717) is 73.7 Å². The van der Waals surface area contributed by atoms with Crippen molar-refractivity contribution in [3.8, 4) is 11.1 Å². The molecule has 5 N–H and O–H groups in total. The maximum atomic E-state index is 14.3. The largest absolute Gasteiger partial charge is 0.465 e. The lowest BCUT2D eigenvalue weighted by atomic mass is 9.72. The number of carbonyl (C=O) groups excluding carboxylic acids is 1. The van der Waals surface area contributed by atoms with Gasteiger partial charge in [0.25, 0.3) is 5.91 Å². The molecule has 12 heteroatoms. The molecule has 0 spiro atoms. The quantitative estimate of drug-likeness (QED) is 0.112. The van der Waals surface area contributed by atoms with Gasteiger partial charge in [0.15, 0.2) is 0 Å². The number of tetrazole rings is 1. The molecule has 1 aromatic heterocycles. The molecule has 11 nitrogen and oxygen atoms in total. The number of aromatic nitrogens is 4. The Labute approximate surface area is 286 Å². The van der Waals surface area contributed by atoms with Crippen molar-refractivity contribution in [3.63, 3.8) is 0 Å². The van der Waals surface area contributed by atoms with E-state index in [9.17, 15) is 19.8 Å². The zero-order valence-corrected chi connectivity index (χ0v) is 28.3. The van der Waals surface area contributed by atoms with Gasteiger partial charge in [0, 0.05) is 54.7 Å². The summed E-state index contributed by atoms with van der Waals surface area (Å²) >= 11 is 6.90. The third-order valence-corrected chi connectivity index (χ3v) is 9.62. The number of amides is 2. The molecule has 4 aromatic rings. The Balaban J connectivity index is 1.48. The van der Waals surface area contributed by atoms with Crippen LogP contribution in [0.3, 0.4) is 0 Å². The van der Waals surface area contributed by atoms with E-state index in [4.69, 9.17) is 11.6 Å². The predicted octanol–water partition coefficient (Wildman–Crippen LogP) is 5.37. The van der Waals surface area contributed by atoms with Crippen molar-refractivity contribution in [1.29, 1.82) is 0 Å². The first-order chi connectivity index (χ1) is 23.2. The van der Waals surface area contributed by atoms with Gasteiger partial charge < -0.3 is 25.7 Å². The zero-order chi connectivity index (χ0) is 34.1. The second-order valence-corrected chi connectivity index (χ2v) is 12.8. The predicted molar refractivity (Wildman–Crippen MR) is 185 cm³/mol. The number of hydrogen-bond donors (Lipinski definition) is 5. The highest BCUT2D eigenvalue weighted by Crippen LogP contribution is 2.46. The average Bonchev–Trinajstić information content (AvgIpc) is 3.63. The Bertz CT molecular complexity index is 1700. The topological polar surface area (TPSA) is 156 Å². The number of aromatic amines is 1. The molecule has 1 fully saturated rings. The van der Waals surface area contributed by atoms with Gasteiger partial charge in [-0.05, 0) is 95.9 Å². The van der Waals surface area contributed by atoms with Crippen molar-refractivity contribution >= 4 is 23.6 Å². The fourth-order valence-electron chi connectivity index (χ4n) is 6.87. The number of aryl methyl sites for hydroxylation is 3. The van der Waals surface area contributed by atoms with Crippen LogP contribution in [0.4, 0.5) is 4.79 Å². The molecule has 3 aromatic carbocycles. The van der Waals surface area contributed by atoms with E-state index in [1.165, 1.54) is 0 Å². The van der Waals surface area contributed by atoms with Crippen LogP contribution in [0.15, 0.2) is 60.7 Å². The number of carbonyl (C=O) groups is 2. The highest BCUT2D eigenvalue weighted by molar-refractivity contribution is 6.33. The maximum Gasteiger partial charge on any atom is 0.404 e. The highest BCUT2D eigenvalue weighted by atomic mass is 35.5. The van der Waals surface area contributed by atoms with Gasteiger partial charge in [0.2, 0.25) is 0 Å². The van der Waals surface area contributed by atoms with Crippen molar-refractivity contribution in [3.05, 3.63) is 99.3 Å². The molecule has 0 saturated carbocycles. The second-order valence-electron chi connectivity index (χ2n) is 12.4. The Morgan fingerprint density at radius 2 is 1.94 bits per heavy atom. The first-order valence-electron chi connectivity index (χ1n) is 16.6. The molecule has 1 unspecified atom stereocenters. The number of carboxylic acid groups (broad SMARTS) is 1. The molecule has 0 radical (unpaired) electrons. The van der Waals surface area contributed by atoms with Crippen LogP contribution < -0.4 is 10.6 Å². The van der Waals surface area contributed by atoms with Crippen LogP contribution >= 0.6 is 11.6 Å². The Kier molecular flexibility index (Phi) is 11.8. The van der Waals surface area contributed by atoms with Crippen LogP contribution in [0, 0.1) is 5.92 Å². The lowest BCUT2D eigenvalue weighted by molar-refractivity contribution is -0.0563. The minimum atomic E-state index is -1.39. The maximum absolute atomic E-state index is 14.3.